The Labute approximate surface area is 354 Å². The number of phosphoric ester groups is 1. The number of carbonyl (C=O) groups excluding carboxylic acids is 2. The summed E-state index contributed by atoms with van der Waals surface area (Å²) in [6.07, 6.45) is 27.4. The summed E-state index contributed by atoms with van der Waals surface area (Å²) in [6.45, 7) is 3.21. The molecule has 0 aliphatic heterocycles. The maximum atomic E-state index is 12.8. The fraction of sp³-hybridized carbons (Fsp3) is 0.778. The third-order valence-electron chi connectivity index (χ3n) is 10.1. The summed E-state index contributed by atoms with van der Waals surface area (Å²) < 4.78 is 33.4. The number of aliphatic hydroxyl groups is 5. The van der Waals surface area contributed by atoms with Gasteiger partial charge in [0.25, 0.3) is 0 Å². The van der Waals surface area contributed by atoms with E-state index in [4.69, 9.17) is 18.5 Å². The molecule has 1 saturated carbocycles. The average molecular weight is 859 g/mol. The second kappa shape index (κ2) is 35.4. The van der Waals surface area contributed by atoms with E-state index in [-0.39, 0.29) is 12.8 Å². The minimum absolute atomic E-state index is 0.0801. The van der Waals surface area contributed by atoms with Crippen molar-refractivity contribution < 1.29 is 63.1 Å². The largest absolute Gasteiger partial charge is 0.472 e. The molecule has 0 saturated heterocycles. The summed E-state index contributed by atoms with van der Waals surface area (Å²) in [5.74, 6) is -1.14. The van der Waals surface area contributed by atoms with Crippen molar-refractivity contribution in [2.45, 2.75) is 211 Å². The van der Waals surface area contributed by atoms with Crippen LogP contribution in [-0.2, 0) is 32.7 Å². The molecule has 0 aromatic rings. The molecule has 1 rings (SSSR count). The van der Waals surface area contributed by atoms with Crippen molar-refractivity contribution in [1.82, 2.24) is 0 Å². The number of ether oxygens (including phenoxy) is 2. The summed E-state index contributed by atoms with van der Waals surface area (Å²) in [4.78, 5) is 35.6. The fourth-order valence-corrected chi connectivity index (χ4v) is 7.44. The number of esters is 2. The van der Waals surface area contributed by atoms with E-state index in [1.807, 2.05) is 0 Å². The van der Waals surface area contributed by atoms with Crippen molar-refractivity contribution in [2.24, 2.45) is 0 Å². The van der Waals surface area contributed by atoms with Crippen molar-refractivity contribution in [2.75, 3.05) is 13.2 Å². The van der Waals surface area contributed by atoms with Gasteiger partial charge in [0.2, 0.25) is 0 Å². The van der Waals surface area contributed by atoms with Crippen LogP contribution in [0.4, 0.5) is 0 Å². The quantitative estimate of drug-likeness (QED) is 0.0152. The van der Waals surface area contributed by atoms with E-state index in [1.54, 1.807) is 0 Å². The summed E-state index contributed by atoms with van der Waals surface area (Å²) in [5.41, 5.74) is 0. The molecule has 0 spiro atoms. The van der Waals surface area contributed by atoms with Gasteiger partial charge < -0.3 is 39.9 Å². The molecule has 6 N–H and O–H groups in total. The molecule has 0 aromatic heterocycles. The zero-order valence-corrected chi connectivity index (χ0v) is 36.9. The number of hydrogen-bond donors (Lipinski definition) is 6. The number of rotatable bonds is 36. The van der Waals surface area contributed by atoms with Crippen LogP contribution in [0.15, 0.2) is 48.6 Å². The molecule has 13 nitrogen and oxygen atoms in total. The van der Waals surface area contributed by atoms with Crippen LogP contribution in [0.25, 0.3) is 0 Å². The molecule has 1 aliphatic rings. The van der Waals surface area contributed by atoms with Gasteiger partial charge in [-0.25, -0.2) is 4.57 Å². The monoisotopic (exact) mass is 859 g/mol. The van der Waals surface area contributed by atoms with Crippen LogP contribution >= 0.6 is 7.82 Å². The van der Waals surface area contributed by atoms with E-state index in [0.29, 0.717) is 12.8 Å². The highest BCUT2D eigenvalue weighted by atomic mass is 31.2. The number of unbranched alkanes of at least 4 members (excludes halogenated alkanes) is 16. The first-order chi connectivity index (χ1) is 28.4. The molecule has 14 heteroatoms. The predicted molar refractivity (Wildman–Crippen MR) is 230 cm³/mol. The molecule has 342 valence electrons. The van der Waals surface area contributed by atoms with Crippen LogP contribution < -0.4 is 0 Å². The minimum atomic E-state index is -5.12. The molecule has 1 aliphatic carbocycles. The van der Waals surface area contributed by atoms with Crippen molar-refractivity contribution in [3.63, 3.8) is 0 Å². The third-order valence-corrected chi connectivity index (χ3v) is 11.1. The third kappa shape index (κ3) is 28.1. The molecule has 0 aromatic carbocycles. The van der Waals surface area contributed by atoms with Gasteiger partial charge in [-0.05, 0) is 77.0 Å². The Morgan fingerprint density at radius 3 is 1.44 bits per heavy atom. The maximum absolute atomic E-state index is 12.8. The molecule has 0 amide bonds. The van der Waals surface area contributed by atoms with Gasteiger partial charge in [0, 0.05) is 12.8 Å². The smallest absolute Gasteiger partial charge is 0.462 e. The zero-order chi connectivity index (χ0) is 43.6. The predicted octanol–water partition coefficient (Wildman–Crippen LogP) is 8.39. The van der Waals surface area contributed by atoms with Crippen LogP contribution in [0.5, 0.6) is 0 Å². The van der Waals surface area contributed by atoms with Gasteiger partial charge in [-0.1, -0.05) is 127 Å². The highest BCUT2D eigenvalue weighted by Gasteiger charge is 2.51. The van der Waals surface area contributed by atoms with Gasteiger partial charge in [-0.15, -0.1) is 0 Å². The number of allylic oxidation sites excluding steroid dienone is 8. The van der Waals surface area contributed by atoms with Crippen LogP contribution in [0.1, 0.15) is 168 Å². The number of aliphatic hydroxyl groups excluding tert-OH is 5. The molecule has 0 heterocycles. The summed E-state index contributed by atoms with van der Waals surface area (Å²) in [6, 6.07) is 0. The fourth-order valence-electron chi connectivity index (χ4n) is 6.46. The van der Waals surface area contributed by atoms with Crippen LogP contribution in [-0.4, -0.2) is 98.3 Å². The van der Waals surface area contributed by atoms with Crippen molar-refractivity contribution >= 4 is 19.8 Å². The van der Waals surface area contributed by atoms with Gasteiger partial charge in [-0.3, -0.25) is 18.6 Å². The Hall–Kier alpha value is -2.19. The van der Waals surface area contributed by atoms with Gasteiger partial charge in [-0.2, -0.15) is 0 Å². The molecule has 8 atom stereocenters. The molecular formula is C45H79O13P. The van der Waals surface area contributed by atoms with E-state index in [1.165, 1.54) is 44.9 Å². The van der Waals surface area contributed by atoms with Gasteiger partial charge >= 0.3 is 19.8 Å². The van der Waals surface area contributed by atoms with Crippen molar-refractivity contribution in [1.29, 1.82) is 0 Å². The zero-order valence-electron chi connectivity index (χ0n) is 36.0. The van der Waals surface area contributed by atoms with Crippen molar-refractivity contribution in [3.8, 4) is 0 Å². The molecule has 6 unspecified atom stereocenters. The first-order valence-electron chi connectivity index (χ1n) is 22.4. The Balaban J connectivity index is 2.50. The highest BCUT2D eigenvalue weighted by molar-refractivity contribution is 7.47. The maximum Gasteiger partial charge on any atom is 0.472 e. The van der Waals surface area contributed by atoms with E-state index >= 15 is 0 Å². The van der Waals surface area contributed by atoms with Gasteiger partial charge in [0.05, 0.1) is 6.61 Å². The molecular weight excluding hydrogens is 779 g/mol. The van der Waals surface area contributed by atoms with Crippen LogP contribution in [0, 0.1) is 0 Å². The second-order valence-electron chi connectivity index (χ2n) is 15.5. The minimum Gasteiger partial charge on any atom is -0.462 e. The normalized spacial score (nSPS) is 22.8. The standard InChI is InChI=1S/C45H79O13P/c1-3-5-7-9-11-13-15-17-18-19-20-22-23-25-27-29-31-33-38(46)55-35-37(36-56-59(53,54)58-45-43(51)41(49)40(48)42(50)44(45)52)57-39(47)34-32-30-28-26-24-21-16-14-12-10-8-6-4-2/h11,13-14,16-18,20,22,37,40-45,48-52H,3-10,12,15,19,21,23-36H2,1-2H3,(H,53,54)/b13-11+,16-14+,18-17+,22-20+/t37-,40?,41-,42?,43?,44?,45?/m0/s1. The molecule has 0 radical (unpaired) electrons. The lowest BCUT2D eigenvalue weighted by Gasteiger charge is -2.41. The number of hydrogen-bond acceptors (Lipinski definition) is 12. The number of carbonyl (C=O) groups is 2. The Morgan fingerprint density at radius 2 is 0.915 bits per heavy atom. The lowest BCUT2D eigenvalue weighted by molar-refractivity contribution is -0.220. The Bertz CT molecular complexity index is 1220. The SMILES string of the molecule is CCCCC/C=C/C/C=C/C/C=C/CCCCCCC(=O)OC[C@@H](COP(=O)(O)OC1C(O)C(O)C(O)[C@H](O)C1O)OC(=O)CCCCCCC/C=C/CCCCCC. The van der Waals surface area contributed by atoms with E-state index in [9.17, 15) is 44.6 Å². The lowest BCUT2D eigenvalue weighted by Crippen LogP contribution is -2.64. The highest BCUT2D eigenvalue weighted by Crippen LogP contribution is 2.47. The van der Waals surface area contributed by atoms with Gasteiger partial charge in [0.15, 0.2) is 6.10 Å². The summed E-state index contributed by atoms with van der Waals surface area (Å²) in [7, 11) is -5.12. The Morgan fingerprint density at radius 1 is 0.525 bits per heavy atom. The summed E-state index contributed by atoms with van der Waals surface area (Å²) in [5, 5.41) is 50.1. The molecule has 1 fully saturated rings. The van der Waals surface area contributed by atoms with Crippen LogP contribution in [0.2, 0.25) is 0 Å². The summed E-state index contributed by atoms with van der Waals surface area (Å²) >= 11 is 0. The lowest BCUT2D eigenvalue weighted by atomic mass is 9.85. The second-order valence-corrected chi connectivity index (χ2v) is 16.9. The van der Waals surface area contributed by atoms with Gasteiger partial charge in [0.1, 0.15) is 43.2 Å². The molecule has 0 bridgehead atoms. The number of phosphoric acid groups is 1. The van der Waals surface area contributed by atoms with Crippen molar-refractivity contribution in [3.05, 3.63) is 48.6 Å². The first-order valence-corrected chi connectivity index (χ1v) is 23.9. The van der Waals surface area contributed by atoms with E-state index in [0.717, 1.165) is 83.5 Å². The topological polar surface area (TPSA) is 210 Å². The average Bonchev–Trinajstić information content (AvgIpc) is 3.21. The van der Waals surface area contributed by atoms with Crippen LogP contribution in [0.3, 0.4) is 0 Å². The Kier molecular flexibility index (Phi) is 32.9. The van der Waals surface area contributed by atoms with E-state index in [2.05, 4.69) is 62.5 Å². The molecule has 59 heavy (non-hydrogen) atoms. The first kappa shape index (κ1) is 54.8. The van der Waals surface area contributed by atoms with E-state index < -0.39 is 75.7 Å².